The highest BCUT2D eigenvalue weighted by Crippen LogP contribution is 2.28. The molecule has 1 aromatic heterocycles. The molecule has 2 N–H and O–H groups in total. The lowest BCUT2D eigenvalue weighted by Crippen LogP contribution is -2.13. The van der Waals surface area contributed by atoms with Crippen molar-refractivity contribution in [2.75, 3.05) is 5.32 Å². The second-order valence-corrected chi connectivity index (χ2v) is 5.99. The molecule has 0 radical (unpaired) electrons. The van der Waals surface area contributed by atoms with E-state index in [9.17, 15) is 9.59 Å². The fourth-order valence-electron chi connectivity index (χ4n) is 1.68. The molecule has 104 valence electrons. The molecule has 6 heteroatoms. The Kier molecular flexibility index (Phi) is 4.11. The highest BCUT2D eigenvalue weighted by atomic mass is 35.5. The molecule has 2 aromatic rings. The lowest BCUT2D eigenvalue weighted by Gasteiger charge is -2.05. The largest absolute Gasteiger partial charge is 0.478 e. The third kappa shape index (κ3) is 3.00. The number of anilines is 1. The highest BCUT2D eigenvalue weighted by Gasteiger charge is 2.17. The molecule has 0 fully saturated rings. The summed E-state index contributed by atoms with van der Waals surface area (Å²) < 4.78 is 0. The van der Waals surface area contributed by atoms with Crippen LogP contribution in [0.5, 0.6) is 0 Å². The van der Waals surface area contributed by atoms with Gasteiger partial charge in [-0.05, 0) is 37.6 Å². The third-order valence-corrected chi connectivity index (χ3v) is 4.12. The van der Waals surface area contributed by atoms with E-state index in [1.807, 2.05) is 6.92 Å². The Morgan fingerprint density at radius 3 is 2.55 bits per heavy atom. The fraction of sp³-hybridized carbons (Fsp3) is 0.143. The van der Waals surface area contributed by atoms with Crippen LogP contribution >= 0.6 is 22.9 Å². The second-order valence-electron chi connectivity index (χ2n) is 4.32. The van der Waals surface area contributed by atoms with Gasteiger partial charge in [0.2, 0.25) is 0 Å². The summed E-state index contributed by atoms with van der Waals surface area (Å²) in [4.78, 5) is 24.0. The number of carboxylic acid groups (broad SMARTS) is 1. The smallest absolute Gasteiger partial charge is 0.338 e. The number of amides is 1. The van der Waals surface area contributed by atoms with Crippen LogP contribution in [0.15, 0.2) is 24.3 Å². The van der Waals surface area contributed by atoms with E-state index in [-0.39, 0.29) is 11.5 Å². The maximum Gasteiger partial charge on any atom is 0.338 e. The molecular weight excluding hydrogens is 298 g/mol. The minimum Gasteiger partial charge on any atom is -0.478 e. The summed E-state index contributed by atoms with van der Waals surface area (Å²) in [7, 11) is 0. The zero-order valence-corrected chi connectivity index (χ0v) is 12.4. The van der Waals surface area contributed by atoms with Crippen LogP contribution in [0.25, 0.3) is 0 Å². The number of benzene rings is 1. The van der Waals surface area contributed by atoms with Crippen molar-refractivity contribution >= 4 is 39.8 Å². The van der Waals surface area contributed by atoms with E-state index >= 15 is 0 Å². The number of carbonyl (C=O) groups is 2. The number of aryl methyl sites for hydroxylation is 2. The predicted molar refractivity (Wildman–Crippen MR) is 80.2 cm³/mol. The van der Waals surface area contributed by atoms with Gasteiger partial charge in [0.25, 0.3) is 5.91 Å². The summed E-state index contributed by atoms with van der Waals surface area (Å²) in [5, 5.41) is 12.5. The van der Waals surface area contributed by atoms with Crippen LogP contribution in [-0.2, 0) is 0 Å². The number of nitrogens with one attached hydrogen (secondary N) is 1. The first-order valence-electron chi connectivity index (χ1n) is 5.79. The highest BCUT2D eigenvalue weighted by molar-refractivity contribution is 7.16. The lowest BCUT2D eigenvalue weighted by atomic mass is 10.1. The summed E-state index contributed by atoms with van der Waals surface area (Å²) in [6, 6.07) is 6.49. The summed E-state index contributed by atoms with van der Waals surface area (Å²) in [5.41, 5.74) is 1.36. The molecule has 4 nitrogen and oxygen atoms in total. The Morgan fingerprint density at radius 2 is 1.95 bits per heavy atom. The second kappa shape index (κ2) is 5.64. The van der Waals surface area contributed by atoms with Crippen LogP contribution in [-0.4, -0.2) is 17.0 Å². The van der Waals surface area contributed by atoms with Crippen molar-refractivity contribution in [3.05, 3.63) is 50.9 Å². The van der Waals surface area contributed by atoms with Gasteiger partial charge in [-0.25, -0.2) is 4.79 Å². The first-order chi connectivity index (χ1) is 9.38. The predicted octanol–water partition coefficient (Wildman–Crippen LogP) is 3.97. The first kappa shape index (κ1) is 14.6. The number of rotatable bonds is 3. The molecule has 0 bridgehead atoms. The maximum absolute atomic E-state index is 12.1. The topological polar surface area (TPSA) is 66.4 Å². The van der Waals surface area contributed by atoms with Crippen molar-refractivity contribution in [3.63, 3.8) is 0 Å². The van der Waals surface area contributed by atoms with Crippen molar-refractivity contribution < 1.29 is 14.7 Å². The van der Waals surface area contributed by atoms with E-state index in [2.05, 4.69) is 5.32 Å². The standard InChI is InChI=1S/C14H12ClNO3S/c1-7-3-4-9(6-11(7)15)12(17)16-13-10(14(18)19)5-8(2)20-13/h3-6H,1-2H3,(H,16,17)(H,18,19). The number of hydrogen-bond donors (Lipinski definition) is 2. The number of carbonyl (C=O) groups excluding carboxylic acids is 1. The molecule has 0 saturated heterocycles. The van der Waals surface area contributed by atoms with Crippen molar-refractivity contribution in [1.82, 2.24) is 0 Å². The van der Waals surface area contributed by atoms with E-state index in [0.717, 1.165) is 10.4 Å². The van der Waals surface area contributed by atoms with Crippen LogP contribution in [0.2, 0.25) is 5.02 Å². The number of carboxylic acids is 1. The van der Waals surface area contributed by atoms with Crippen LogP contribution in [0.1, 0.15) is 31.2 Å². The number of hydrogen-bond acceptors (Lipinski definition) is 3. The summed E-state index contributed by atoms with van der Waals surface area (Å²) in [5.74, 6) is -1.44. The molecule has 0 aliphatic carbocycles. The van der Waals surface area contributed by atoms with E-state index in [0.29, 0.717) is 15.6 Å². The first-order valence-corrected chi connectivity index (χ1v) is 6.99. The molecule has 0 spiro atoms. The van der Waals surface area contributed by atoms with Crippen LogP contribution in [0, 0.1) is 13.8 Å². The van der Waals surface area contributed by atoms with E-state index in [1.54, 1.807) is 25.1 Å². The van der Waals surface area contributed by atoms with Crippen molar-refractivity contribution in [3.8, 4) is 0 Å². The van der Waals surface area contributed by atoms with E-state index in [1.165, 1.54) is 17.4 Å². The minimum atomic E-state index is -1.06. The Labute approximate surface area is 125 Å². The summed E-state index contributed by atoms with van der Waals surface area (Å²) in [6.07, 6.45) is 0. The quantitative estimate of drug-likeness (QED) is 0.901. The van der Waals surface area contributed by atoms with Gasteiger partial charge in [0, 0.05) is 15.5 Å². The van der Waals surface area contributed by atoms with Gasteiger partial charge in [-0.3, -0.25) is 4.79 Å². The molecular formula is C14H12ClNO3S. The van der Waals surface area contributed by atoms with Crippen LogP contribution in [0.3, 0.4) is 0 Å². The molecule has 0 aliphatic rings. The van der Waals surface area contributed by atoms with Gasteiger partial charge in [-0.15, -0.1) is 11.3 Å². The molecule has 2 rings (SSSR count). The molecule has 1 amide bonds. The fourth-order valence-corrected chi connectivity index (χ4v) is 2.75. The molecule has 0 aliphatic heterocycles. The Hall–Kier alpha value is -1.85. The molecule has 20 heavy (non-hydrogen) atoms. The van der Waals surface area contributed by atoms with Gasteiger partial charge < -0.3 is 10.4 Å². The van der Waals surface area contributed by atoms with Gasteiger partial charge in [0.1, 0.15) is 5.00 Å². The molecule has 0 unspecified atom stereocenters. The van der Waals surface area contributed by atoms with Crippen molar-refractivity contribution in [1.29, 1.82) is 0 Å². The zero-order valence-electron chi connectivity index (χ0n) is 10.9. The minimum absolute atomic E-state index is 0.0964. The monoisotopic (exact) mass is 309 g/mol. The average molecular weight is 310 g/mol. The number of halogens is 1. The van der Waals surface area contributed by atoms with E-state index in [4.69, 9.17) is 16.7 Å². The number of aromatic carboxylic acids is 1. The Balaban J connectivity index is 2.27. The molecule has 1 heterocycles. The van der Waals surface area contributed by atoms with Crippen molar-refractivity contribution in [2.45, 2.75) is 13.8 Å². The van der Waals surface area contributed by atoms with Gasteiger partial charge in [0.05, 0.1) is 5.56 Å². The lowest BCUT2D eigenvalue weighted by molar-refractivity contribution is 0.0698. The van der Waals surface area contributed by atoms with Gasteiger partial charge in [0.15, 0.2) is 0 Å². The maximum atomic E-state index is 12.1. The molecule has 1 aromatic carbocycles. The molecule has 0 atom stereocenters. The number of thiophene rings is 1. The average Bonchev–Trinajstić information content (AvgIpc) is 2.73. The Bertz CT molecular complexity index is 694. The van der Waals surface area contributed by atoms with Crippen LogP contribution < -0.4 is 5.32 Å². The van der Waals surface area contributed by atoms with E-state index < -0.39 is 5.97 Å². The summed E-state index contributed by atoms with van der Waals surface area (Å²) >= 11 is 7.20. The summed E-state index contributed by atoms with van der Waals surface area (Å²) in [6.45, 7) is 3.63. The van der Waals surface area contributed by atoms with Gasteiger partial charge in [-0.2, -0.15) is 0 Å². The molecule has 0 saturated carbocycles. The van der Waals surface area contributed by atoms with Crippen LogP contribution in [0.4, 0.5) is 5.00 Å². The normalized spacial score (nSPS) is 10.3. The van der Waals surface area contributed by atoms with Gasteiger partial charge in [-0.1, -0.05) is 17.7 Å². The third-order valence-electron chi connectivity index (χ3n) is 2.75. The zero-order chi connectivity index (χ0) is 14.9. The SMILES string of the molecule is Cc1cc(C(=O)O)c(NC(=O)c2ccc(C)c(Cl)c2)s1. The van der Waals surface area contributed by atoms with Crippen molar-refractivity contribution in [2.24, 2.45) is 0 Å². The Morgan fingerprint density at radius 1 is 1.25 bits per heavy atom. The van der Waals surface area contributed by atoms with Gasteiger partial charge >= 0.3 is 5.97 Å².